The Morgan fingerprint density at radius 2 is 2.00 bits per heavy atom. The Balaban J connectivity index is 1.63. The van der Waals surface area contributed by atoms with Gasteiger partial charge in [0.2, 0.25) is 5.82 Å². The van der Waals surface area contributed by atoms with Crippen LogP contribution in [0.2, 0.25) is 0 Å². The topological polar surface area (TPSA) is 76.7 Å². The van der Waals surface area contributed by atoms with E-state index in [2.05, 4.69) is 20.4 Å². The fourth-order valence-electron chi connectivity index (χ4n) is 2.95. The lowest BCUT2D eigenvalue weighted by Crippen LogP contribution is -2.21. The molecule has 0 spiro atoms. The molecule has 112 valence electrons. The summed E-state index contributed by atoms with van der Waals surface area (Å²) in [5, 5.41) is 21.9. The molecule has 0 radical (unpaired) electrons. The van der Waals surface area contributed by atoms with Crippen molar-refractivity contribution < 1.29 is 5.11 Å². The fraction of sp³-hybridized carbons (Fsp3) is 0.600. The first kappa shape index (κ1) is 14.1. The number of hydrogen-bond acceptors (Lipinski definition) is 5. The molecule has 1 fully saturated rings. The van der Waals surface area contributed by atoms with E-state index in [0.29, 0.717) is 24.3 Å². The number of rotatable bonds is 4. The third-order valence-corrected chi connectivity index (χ3v) is 4.25. The number of tetrazole rings is 1. The van der Waals surface area contributed by atoms with E-state index in [4.69, 9.17) is 0 Å². The van der Waals surface area contributed by atoms with Crippen molar-refractivity contribution in [1.29, 1.82) is 0 Å². The first-order valence-electron chi connectivity index (χ1n) is 7.56. The Morgan fingerprint density at radius 1 is 1.24 bits per heavy atom. The van der Waals surface area contributed by atoms with Crippen molar-refractivity contribution in [2.75, 3.05) is 6.61 Å². The largest absolute Gasteiger partial charge is 0.396 e. The molecule has 0 unspecified atom stereocenters. The van der Waals surface area contributed by atoms with Gasteiger partial charge in [0.15, 0.2) is 0 Å². The lowest BCUT2D eigenvalue weighted by atomic mass is 9.82. The smallest absolute Gasteiger partial charge is 0.205 e. The number of hydrogen-bond donors (Lipinski definition) is 1. The van der Waals surface area contributed by atoms with Crippen molar-refractivity contribution in [3.63, 3.8) is 0 Å². The molecule has 0 bridgehead atoms. The normalized spacial score (nSPS) is 22.4. The van der Waals surface area contributed by atoms with Gasteiger partial charge in [0.05, 0.1) is 6.54 Å². The Bertz CT molecular complexity index is 589. The Kier molecular flexibility index (Phi) is 4.24. The molecule has 2 aromatic heterocycles. The number of aliphatic hydroxyl groups excluding tert-OH is 1. The highest BCUT2D eigenvalue weighted by molar-refractivity contribution is 5.53. The molecule has 0 amide bonds. The highest BCUT2D eigenvalue weighted by Gasteiger charge is 2.21. The predicted octanol–water partition coefficient (Wildman–Crippen LogP) is 1.84. The second kappa shape index (κ2) is 6.30. The van der Waals surface area contributed by atoms with Crippen molar-refractivity contribution in [3.05, 3.63) is 24.0 Å². The van der Waals surface area contributed by atoms with Gasteiger partial charge in [0.1, 0.15) is 0 Å². The number of aliphatic hydroxyl groups is 1. The van der Waals surface area contributed by atoms with Crippen LogP contribution in [0.15, 0.2) is 18.3 Å². The van der Waals surface area contributed by atoms with Crippen LogP contribution in [0.25, 0.3) is 11.4 Å². The SMILES string of the molecule is Cc1cc(-c2nnn(CC3CCC(CO)CC3)n2)ccn1. The summed E-state index contributed by atoms with van der Waals surface area (Å²) in [6, 6.07) is 3.87. The summed E-state index contributed by atoms with van der Waals surface area (Å²) in [7, 11) is 0. The van der Waals surface area contributed by atoms with Crippen molar-refractivity contribution >= 4 is 0 Å². The van der Waals surface area contributed by atoms with Gasteiger partial charge < -0.3 is 5.11 Å². The molecule has 6 heteroatoms. The molecule has 1 saturated carbocycles. The van der Waals surface area contributed by atoms with Gasteiger partial charge in [-0.05, 0) is 61.8 Å². The van der Waals surface area contributed by atoms with Gasteiger partial charge in [0.25, 0.3) is 0 Å². The third-order valence-electron chi connectivity index (χ3n) is 4.25. The third kappa shape index (κ3) is 3.44. The Morgan fingerprint density at radius 3 is 2.71 bits per heavy atom. The van der Waals surface area contributed by atoms with E-state index in [1.165, 1.54) is 0 Å². The van der Waals surface area contributed by atoms with Gasteiger partial charge in [-0.1, -0.05) is 0 Å². The highest BCUT2D eigenvalue weighted by atomic mass is 16.3. The summed E-state index contributed by atoms with van der Waals surface area (Å²) in [6.07, 6.45) is 6.24. The molecule has 1 aliphatic rings. The highest BCUT2D eigenvalue weighted by Crippen LogP contribution is 2.29. The second-order valence-electron chi connectivity index (χ2n) is 5.92. The van der Waals surface area contributed by atoms with E-state index >= 15 is 0 Å². The van der Waals surface area contributed by atoms with Gasteiger partial charge in [-0.3, -0.25) is 4.98 Å². The fourth-order valence-corrected chi connectivity index (χ4v) is 2.95. The average molecular weight is 287 g/mol. The minimum absolute atomic E-state index is 0.319. The summed E-state index contributed by atoms with van der Waals surface area (Å²) >= 11 is 0. The van der Waals surface area contributed by atoms with E-state index in [1.807, 2.05) is 19.1 Å². The Hall–Kier alpha value is -1.82. The monoisotopic (exact) mass is 287 g/mol. The zero-order chi connectivity index (χ0) is 14.7. The van der Waals surface area contributed by atoms with Gasteiger partial charge in [-0.2, -0.15) is 4.80 Å². The van der Waals surface area contributed by atoms with Gasteiger partial charge in [0, 0.05) is 24.1 Å². The molecule has 2 heterocycles. The number of pyridine rings is 1. The maximum absolute atomic E-state index is 9.17. The molecule has 0 aliphatic heterocycles. The van der Waals surface area contributed by atoms with Crippen LogP contribution in [0.1, 0.15) is 31.4 Å². The number of nitrogens with zero attached hydrogens (tertiary/aromatic N) is 5. The second-order valence-corrected chi connectivity index (χ2v) is 5.92. The average Bonchev–Trinajstić information content (AvgIpc) is 2.97. The zero-order valence-corrected chi connectivity index (χ0v) is 12.3. The molecule has 1 N–H and O–H groups in total. The Labute approximate surface area is 124 Å². The summed E-state index contributed by atoms with van der Waals surface area (Å²) in [4.78, 5) is 5.88. The first-order valence-corrected chi connectivity index (χ1v) is 7.56. The van der Waals surface area contributed by atoms with E-state index in [9.17, 15) is 5.11 Å². The molecule has 2 aromatic rings. The lowest BCUT2D eigenvalue weighted by Gasteiger charge is -2.26. The van der Waals surface area contributed by atoms with Crippen molar-refractivity contribution in [2.24, 2.45) is 11.8 Å². The van der Waals surface area contributed by atoms with Crippen LogP contribution >= 0.6 is 0 Å². The van der Waals surface area contributed by atoms with Crippen molar-refractivity contribution in [3.8, 4) is 11.4 Å². The standard InChI is InChI=1S/C15H21N5O/c1-11-8-14(6-7-16-11)15-17-19-20(18-15)9-12-2-4-13(10-21)5-3-12/h6-8,12-13,21H,2-5,9-10H2,1H3. The molecule has 0 atom stereocenters. The maximum atomic E-state index is 9.17. The zero-order valence-electron chi connectivity index (χ0n) is 12.3. The van der Waals surface area contributed by atoms with Crippen LogP contribution in [-0.4, -0.2) is 36.9 Å². The quantitative estimate of drug-likeness (QED) is 0.928. The van der Waals surface area contributed by atoms with Gasteiger partial charge in [-0.15, -0.1) is 10.2 Å². The van der Waals surface area contributed by atoms with E-state index in [-0.39, 0.29) is 0 Å². The first-order chi connectivity index (χ1) is 10.2. The molecule has 21 heavy (non-hydrogen) atoms. The van der Waals surface area contributed by atoms with Crippen LogP contribution < -0.4 is 0 Å². The molecular formula is C15H21N5O. The molecule has 1 aliphatic carbocycles. The van der Waals surface area contributed by atoms with Crippen molar-refractivity contribution in [2.45, 2.75) is 39.2 Å². The summed E-state index contributed by atoms with van der Waals surface area (Å²) < 4.78 is 0. The maximum Gasteiger partial charge on any atom is 0.205 e. The van der Waals surface area contributed by atoms with Crippen LogP contribution in [0.5, 0.6) is 0 Å². The lowest BCUT2D eigenvalue weighted by molar-refractivity contribution is 0.157. The van der Waals surface area contributed by atoms with E-state index < -0.39 is 0 Å². The molecular weight excluding hydrogens is 266 g/mol. The van der Waals surface area contributed by atoms with Crippen LogP contribution in [-0.2, 0) is 6.54 Å². The molecule has 6 nitrogen and oxygen atoms in total. The summed E-state index contributed by atoms with van der Waals surface area (Å²) in [5.41, 5.74) is 1.91. The summed E-state index contributed by atoms with van der Waals surface area (Å²) in [5.74, 6) is 1.74. The summed E-state index contributed by atoms with van der Waals surface area (Å²) in [6.45, 7) is 3.09. The van der Waals surface area contributed by atoms with Gasteiger partial charge >= 0.3 is 0 Å². The van der Waals surface area contributed by atoms with Gasteiger partial charge in [-0.25, -0.2) is 0 Å². The van der Waals surface area contributed by atoms with Crippen LogP contribution in [0, 0.1) is 18.8 Å². The predicted molar refractivity (Wildman–Crippen MR) is 78.3 cm³/mol. The van der Waals surface area contributed by atoms with E-state index in [0.717, 1.165) is 43.5 Å². The molecule has 3 rings (SSSR count). The number of aromatic nitrogens is 5. The molecule has 0 saturated heterocycles. The van der Waals surface area contributed by atoms with E-state index in [1.54, 1.807) is 11.0 Å². The number of aryl methyl sites for hydroxylation is 1. The van der Waals surface area contributed by atoms with Crippen molar-refractivity contribution in [1.82, 2.24) is 25.2 Å². The molecule has 0 aromatic carbocycles. The minimum atomic E-state index is 0.319. The minimum Gasteiger partial charge on any atom is -0.396 e. The van der Waals surface area contributed by atoms with Crippen LogP contribution in [0.4, 0.5) is 0 Å². The van der Waals surface area contributed by atoms with Crippen LogP contribution in [0.3, 0.4) is 0 Å².